The van der Waals surface area contributed by atoms with Crippen LogP contribution in [0.4, 0.5) is 5.69 Å². The van der Waals surface area contributed by atoms with Crippen LogP contribution in [0.25, 0.3) is 0 Å². The number of nitrogens with zero attached hydrogens (tertiary/aromatic N) is 3. The quantitative estimate of drug-likeness (QED) is 0.641. The summed E-state index contributed by atoms with van der Waals surface area (Å²) in [4.78, 5) is 26.7. The van der Waals surface area contributed by atoms with Crippen molar-refractivity contribution in [3.05, 3.63) is 90.4 Å². The van der Waals surface area contributed by atoms with Crippen LogP contribution in [0.5, 0.6) is 0 Å². The second-order valence-electron chi connectivity index (χ2n) is 7.37. The molecule has 1 atom stereocenters. The third-order valence-corrected chi connectivity index (χ3v) is 5.13. The SMILES string of the molecule is CN(CC(=O)NCc1ccco1)C(=O)C1=NN(c2ccccc2)C(c2ccccc2)C1. The Labute approximate surface area is 181 Å². The van der Waals surface area contributed by atoms with Gasteiger partial charge in [0.05, 0.1) is 31.1 Å². The van der Waals surface area contributed by atoms with E-state index in [1.807, 2.05) is 65.7 Å². The predicted molar refractivity (Wildman–Crippen MR) is 118 cm³/mol. The molecule has 2 amide bonds. The molecule has 0 fully saturated rings. The highest BCUT2D eigenvalue weighted by molar-refractivity contribution is 6.39. The highest BCUT2D eigenvalue weighted by Crippen LogP contribution is 2.35. The fourth-order valence-corrected chi connectivity index (χ4v) is 3.56. The normalized spacial score (nSPS) is 15.5. The van der Waals surface area contributed by atoms with E-state index < -0.39 is 0 Å². The van der Waals surface area contributed by atoms with E-state index in [1.54, 1.807) is 25.4 Å². The Morgan fingerprint density at radius 1 is 1.06 bits per heavy atom. The number of rotatable bonds is 7. The van der Waals surface area contributed by atoms with Gasteiger partial charge in [0.1, 0.15) is 11.5 Å². The van der Waals surface area contributed by atoms with Crippen LogP contribution in [0.3, 0.4) is 0 Å². The van der Waals surface area contributed by atoms with Crippen molar-refractivity contribution in [2.24, 2.45) is 5.10 Å². The van der Waals surface area contributed by atoms with Gasteiger partial charge in [-0.15, -0.1) is 0 Å². The number of benzene rings is 2. The van der Waals surface area contributed by atoms with E-state index >= 15 is 0 Å². The Bertz CT molecular complexity index is 1050. The molecule has 1 aromatic heterocycles. The molecule has 0 bridgehead atoms. The number of amides is 2. The number of nitrogens with one attached hydrogen (secondary N) is 1. The summed E-state index contributed by atoms with van der Waals surface area (Å²) in [6.07, 6.45) is 2.02. The molecule has 1 aliphatic rings. The van der Waals surface area contributed by atoms with Crippen LogP contribution in [-0.2, 0) is 16.1 Å². The van der Waals surface area contributed by atoms with Crippen LogP contribution in [0.15, 0.2) is 88.6 Å². The number of anilines is 1. The number of hydrogen-bond donors (Lipinski definition) is 1. The first kappa shape index (κ1) is 20.4. The number of carbonyl (C=O) groups is 2. The molecular weight excluding hydrogens is 392 g/mol. The van der Waals surface area contributed by atoms with Gasteiger partial charge in [-0.25, -0.2) is 0 Å². The Morgan fingerprint density at radius 2 is 1.77 bits per heavy atom. The van der Waals surface area contributed by atoms with Crippen molar-refractivity contribution in [2.45, 2.75) is 19.0 Å². The monoisotopic (exact) mass is 416 g/mol. The van der Waals surface area contributed by atoms with E-state index in [2.05, 4.69) is 10.4 Å². The summed E-state index contributed by atoms with van der Waals surface area (Å²) in [6, 6.07) is 23.2. The van der Waals surface area contributed by atoms with Crippen molar-refractivity contribution in [3.8, 4) is 0 Å². The van der Waals surface area contributed by atoms with Gasteiger partial charge in [0.25, 0.3) is 5.91 Å². The zero-order chi connectivity index (χ0) is 21.6. The number of hydrogen-bond acceptors (Lipinski definition) is 5. The van der Waals surface area contributed by atoms with Crippen molar-refractivity contribution >= 4 is 23.2 Å². The summed E-state index contributed by atoms with van der Waals surface area (Å²) in [5, 5.41) is 9.28. The van der Waals surface area contributed by atoms with Crippen molar-refractivity contribution < 1.29 is 14.0 Å². The molecule has 0 radical (unpaired) electrons. The average Bonchev–Trinajstić information content (AvgIpc) is 3.48. The summed E-state index contributed by atoms with van der Waals surface area (Å²) in [5.41, 5.74) is 2.42. The number of furan rings is 1. The lowest BCUT2D eigenvalue weighted by atomic mass is 10.0. The molecule has 7 nitrogen and oxygen atoms in total. The molecule has 0 aliphatic carbocycles. The molecule has 7 heteroatoms. The van der Waals surface area contributed by atoms with Crippen molar-refractivity contribution in [1.82, 2.24) is 10.2 Å². The standard InChI is InChI=1S/C24H24N4O3/c1-27(17-23(29)25-16-20-13-8-14-31-20)24(30)21-15-22(18-9-4-2-5-10-18)28(26-21)19-11-6-3-7-12-19/h2-14,22H,15-17H2,1H3,(H,25,29). The van der Waals surface area contributed by atoms with E-state index in [-0.39, 0.29) is 30.9 Å². The van der Waals surface area contributed by atoms with Crippen LogP contribution in [0.2, 0.25) is 0 Å². The third-order valence-electron chi connectivity index (χ3n) is 5.13. The van der Waals surface area contributed by atoms with Gasteiger partial charge < -0.3 is 14.6 Å². The number of likely N-dealkylation sites (N-methyl/N-ethyl adjacent to an activating group) is 1. The fourth-order valence-electron chi connectivity index (χ4n) is 3.56. The Balaban J connectivity index is 1.46. The second-order valence-corrected chi connectivity index (χ2v) is 7.37. The Morgan fingerprint density at radius 3 is 2.45 bits per heavy atom. The highest BCUT2D eigenvalue weighted by atomic mass is 16.3. The second kappa shape index (κ2) is 9.30. The summed E-state index contributed by atoms with van der Waals surface area (Å²) in [6.45, 7) is 0.229. The van der Waals surface area contributed by atoms with Crippen LogP contribution < -0.4 is 10.3 Å². The van der Waals surface area contributed by atoms with Crippen LogP contribution >= 0.6 is 0 Å². The number of hydrazone groups is 1. The lowest BCUT2D eigenvalue weighted by Gasteiger charge is -2.23. The molecule has 2 heterocycles. The number of carbonyl (C=O) groups excluding carboxylic acids is 2. The molecular formula is C24H24N4O3. The molecule has 4 rings (SSSR count). The third kappa shape index (κ3) is 4.83. The topological polar surface area (TPSA) is 78.1 Å². The van der Waals surface area contributed by atoms with E-state index in [1.165, 1.54) is 4.90 Å². The lowest BCUT2D eigenvalue weighted by molar-refractivity contribution is -0.130. The zero-order valence-corrected chi connectivity index (χ0v) is 17.3. The van der Waals surface area contributed by atoms with E-state index in [4.69, 9.17) is 4.42 Å². The van der Waals surface area contributed by atoms with Gasteiger partial charge in [-0.1, -0.05) is 48.5 Å². The molecule has 1 aliphatic heterocycles. The maximum absolute atomic E-state index is 13.0. The van der Waals surface area contributed by atoms with Crippen molar-refractivity contribution in [3.63, 3.8) is 0 Å². The van der Waals surface area contributed by atoms with Gasteiger partial charge in [0.2, 0.25) is 5.91 Å². The Kier molecular flexibility index (Phi) is 6.12. The molecule has 1 unspecified atom stereocenters. The summed E-state index contributed by atoms with van der Waals surface area (Å²) in [5.74, 6) is 0.143. The first-order valence-corrected chi connectivity index (χ1v) is 10.1. The zero-order valence-electron chi connectivity index (χ0n) is 17.3. The molecule has 3 aromatic rings. The highest BCUT2D eigenvalue weighted by Gasteiger charge is 2.33. The molecule has 0 spiro atoms. The van der Waals surface area contributed by atoms with Gasteiger partial charge in [0.15, 0.2) is 0 Å². The minimum Gasteiger partial charge on any atom is -0.467 e. The van der Waals surface area contributed by atoms with Gasteiger partial charge >= 0.3 is 0 Å². The average molecular weight is 416 g/mol. The largest absolute Gasteiger partial charge is 0.467 e. The van der Waals surface area contributed by atoms with Crippen molar-refractivity contribution in [2.75, 3.05) is 18.6 Å². The van der Waals surface area contributed by atoms with Crippen LogP contribution in [0.1, 0.15) is 23.8 Å². The van der Waals surface area contributed by atoms with E-state index in [0.717, 1.165) is 11.3 Å². The first-order chi connectivity index (χ1) is 15.1. The van der Waals surface area contributed by atoms with E-state index in [0.29, 0.717) is 17.9 Å². The summed E-state index contributed by atoms with van der Waals surface area (Å²) in [7, 11) is 1.61. The minimum atomic E-state index is -0.259. The lowest BCUT2D eigenvalue weighted by Crippen LogP contribution is -2.40. The molecule has 1 N–H and O–H groups in total. The summed E-state index contributed by atoms with van der Waals surface area (Å²) >= 11 is 0. The minimum absolute atomic E-state index is 0.0557. The van der Waals surface area contributed by atoms with Crippen LogP contribution in [-0.4, -0.2) is 36.0 Å². The molecule has 31 heavy (non-hydrogen) atoms. The molecule has 0 saturated carbocycles. The summed E-state index contributed by atoms with van der Waals surface area (Å²) < 4.78 is 5.21. The van der Waals surface area contributed by atoms with E-state index in [9.17, 15) is 9.59 Å². The van der Waals surface area contributed by atoms with Gasteiger partial charge in [0, 0.05) is 13.5 Å². The first-order valence-electron chi connectivity index (χ1n) is 10.1. The van der Waals surface area contributed by atoms with Gasteiger partial charge in [-0.05, 0) is 29.8 Å². The predicted octanol–water partition coefficient (Wildman–Crippen LogP) is 3.36. The maximum Gasteiger partial charge on any atom is 0.270 e. The van der Waals surface area contributed by atoms with Crippen molar-refractivity contribution in [1.29, 1.82) is 0 Å². The van der Waals surface area contributed by atoms with Gasteiger partial charge in [-0.3, -0.25) is 14.6 Å². The maximum atomic E-state index is 13.0. The smallest absolute Gasteiger partial charge is 0.270 e. The van der Waals surface area contributed by atoms with Crippen LogP contribution in [0, 0.1) is 0 Å². The fraction of sp³-hybridized carbons (Fsp3) is 0.208. The molecule has 0 saturated heterocycles. The molecule has 158 valence electrons. The van der Waals surface area contributed by atoms with Gasteiger partial charge in [-0.2, -0.15) is 5.10 Å². The number of para-hydroxylation sites is 1. The Hall–Kier alpha value is -3.87. The molecule has 2 aromatic carbocycles.